The molecule has 2 aromatic rings. The highest BCUT2D eigenvalue weighted by Gasteiger charge is 2.21. The molecule has 1 unspecified atom stereocenters. The Morgan fingerprint density at radius 3 is 2.56 bits per heavy atom. The second kappa shape index (κ2) is 3.93. The molecular formula is C14H20N2. The van der Waals surface area contributed by atoms with Crippen LogP contribution in [0.2, 0.25) is 0 Å². The molecule has 16 heavy (non-hydrogen) atoms. The summed E-state index contributed by atoms with van der Waals surface area (Å²) in [5.41, 5.74) is 2.54. The number of rotatable bonds is 2. The highest BCUT2D eigenvalue weighted by Crippen LogP contribution is 2.28. The predicted molar refractivity (Wildman–Crippen MR) is 68.4 cm³/mol. The van der Waals surface area contributed by atoms with E-state index in [1.54, 1.807) is 0 Å². The van der Waals surface area contributed by atoms with Crippen molar-refractivity contribution < 1.29 is 0 Å². The lowest BCUT2D eigenvalue weighted by Gasteiger charge is -2.26. The molecule has 2 heteroatoms. The van der Waals surface area contributed by atoms with Gasteiger partial charge in [-0.1, -0.05) is 39.8 Å². The molecule has 0 aliphatic carbocycles. The second-order valence-electron chi connectivity index (χ2n) is 5.67. The van der Waals surface area contributed by atoms with Gasteiger partial charge in [0.15, 0.2) is 0 Å². The monoisotopic (exact) mass is 216 g/mol. The highest BCUT2D eigenvalue weighted by atomic mass is 14.9. The molecule has 1 atom stereocenters. The van der Waals surface area contributed by atoms with Gasteiger partial charge in [-0.05, 0) is 23.5 Å². The molecule has 0 radical (unpaired) electrons. The molecule has 0 saturated heterocycles. The number of aromatic amines is 1. The molecule has 0 spiro atoms. The van der Waals surface area contributed by atoms with E-state index in [1.807, 2.05) is 12.1 Å². The Hall–Kier alpha value is -1.31. The Labute approximate surface area is 97.1 Å². The first-order chi connectivity index (χ1) is 7.47. The Kier molecular flexibility index (Phi) is 2.75. The lowest BCUT2D eigenvalue weighted by molar-refractivity contribution is 0.257. The van der Waals surface area contributed by atoms with Gasteiger partial charge in [0.2, 0.25) is 0 Å². The number of H-pyrrole nitrogens is 1. The SMILES string of the molecule is CC(Cc1nc2ccccc2[nH]1)C(C)(C)C. The van der Waals surface area contributed by atoms with Crippen LogP contribution in [0.5, 0.6) is 0 Å². The first kappa shape index (κ1) is 11.2. The van der Waals surface area contributed by atoms with Gasteiger partial charge in [0.05, 0.1) is 11.0 Å². The van der Waals surface area contributed by atoms with Crippen molar-refractivity contribution in [2.75, 3.05) is 0 Å². The van der Waals surface area contributed by atoms with E-state index in [2.05, 4.69) is 49.8 Å². The van der Waals surface area contributed by atoms with Crippen LogP contribution in [-0.4, -0.2) is 9.97 Å². The largest absolute Gasteiger partial charge is 0.342 e. The fourth-order valence-corrected chi connectivity index (χ4v) is 1.70. The van der Waals surface area contributed by atoms with Crippen LogP contribution in [0.3, 0.4) is 0 Å². The summed E-state index contributed by atoms with van der Waals surface area (Å²) in [6.07, 6.45) is 1.01. The van der Waals surface area contributed by atoms with Crippen molar-refractivity contribution in [3.05, 3.63) is 30.1 Å². The summed E-state index contributed by atoms with van der Waals surface area (Å²) in [7, 11) is 0. The van der Waals surface area contributed by atoms with Crippen molar-refractivity contribution in [1.29, 1.82) is 0 Å². The maximum Gasteiger partial charge on any atom is 0.107 e. The average Bonchev–Trinajstić information content (AvgIpc) is 2.58. The van der Waals surface area contributed by atoms with Gasteiger partial charge in [0, 0.05) is 6.42 Å². The molecular weight excluding hydrogens is 196 g/mol. The van der Waals surface area contributed by atoms with Crippen LogP contribution in [-0.2, 0) is 6.42 Å². The van der Waals surface area contributed by atoms with Crippen molar-refractivity contribution in [2.45, 2.75) is 34.1 Å². The van der Waals surface area contributed by atoms with Crippen molar-refractivity contribution in [1.82, 2.24) is 9.97 Å². The van der Waals surface area contributed by atoms with Crippen LogP contribution in [0.1, 0.15) is 33.5 Å². The van der Waals surface area contributed by atoms with E-state index in [-0.39, 0.29) is 0 Å². The average molecular weight is 216 g/mol. The number of hydrogen-bond acceptors (Lipinski definition) is 1. The molecule has 86 valence electrons. The molecule has 2 nitrogen and oxygen atoms in total. The van der Waals surface area contributed by atoms with Crippen LogP contribution in [0.4, 0.5) is 0 Å². The fraction of sp³-hybridized carbons (Fsp3) is 0.500. The third-order valence-corrected chi connectivity index (χ3v) is 3.42. The molecule has 0 bridgehead atoms. The van der Waals surface area contributed by atoms with Crippen LogP contribution >= 0.6 is 0 Å². The molecule has 1 N–H and O–H groups in total. The molecule has 1 aromatic carbocycles. The standard InChI is InChI=1S/C14H20N2/c1-10(14(2,3)4)9-13-15-11-7-5-6-8-12(11)16-13/h5-8,10H,9H2,1-4H3,(H,15,16). The predicted octanol–water partition coefficient (Wildman–Crippen LogP) is 3.79. The molecule has 2 rings (SSSR count). The minimum atomic E-state index is 0.332. The van der Waals surface area contributed by atoms with Crippen molar-refractivity contribution >= 4 is 11.0 Å². The quantitative estimate of drug-likeness (QED) is 0.813. The van der Waals surface area contributed by atoms with E-state index in [0.717, 1.165) is 23.3 Å². The number of fused-ring (bicyclic) bond motifs is 1. The maximum atomic E-state index is 4.61. The van der Waals surface area contributed by atoms with Gasteiger partial charge in [-0.3, -0.25) is 0 Å². The summed E-state index contributed by atoms with van der Waals surface area (Å²) in [6.45, 7) is 9.12. The van der Waals surface area contributed by atoms with Crippen molar-refractivity contribution in [2.24, 2.45) is 11.3 Å². The van der Waals surface area contributed by atoms with Crippen LogP contribution in [0.15, 0.2) is 24.3 Å². The zero-order chi connectivity index (χ0) is 11.8. The Balaban J connectivity index is 2.22. The van der Waals surface area contributed by atoms with Gasteiger partial charge in [-0.2, -0.15) is 0 Å². The second-order valence-corrected chi connectivity index (χ2v) is 5.67. The van der Waals surface area contributed by atoms with Gasteiger partial charge in [-0.25, -0.2) is 4.98 Å². The van der Waals surface area contributed by atoms with E-state index in [4.69, 9.17) is 0 Å². The van der Waals surface area contributed by atoms with E-state index in [9.17, 15) is 0 Å². The number of imidazole rings is 1. The summed E-state index contributed by atoms with van der Waals surface area (Å²) in [5, 5.41) is 0. The Morgan fingerprint density at radius 2 is 1.94 bits per heavy atom. The summed E-state index contributed by atoms with van der Waals surface area (Å²) in [6, 6.07) is 8.20. The number of benzene rings is 1. The lowest BCUT2D eigenvalue weighted by Crippen LogP contribution is -2.19. The normalized spacial score (nSPS) is 14.2. The number of hydrogen-bond donors (Lipinski definition) is 1. The van der Waals surface area contributed by atoms with E-state index in [1.165, 1.54) is 0 Å². The molecule has 1 heterocycles. The number of para-hydroxylation sites is 2. The zero-order valence-electron chi connectivity index (χ0n) is 10.5. The number of nitrogens with zero attached hydrogens (tertiary/aromatic N) is 1. The minimum Gasteiger partial charge on any atom is -0.342 e. The van der Waals surface area contributed by atoms with Crippen LogP contribution in [0, 0.1) is 11.3 Å². The first-order valence-corrected chi connectivity index (χ1v) is 5.90. The van der Waals surface area contributed by atoms with Gasteiger partial charge < -0.3 is 4.98 Å². The Morgan fingerprint density at radius 1 is 1.25 bits per heavy atom. The van der Waals surface area contributed by atoms with E-state index in [0.29, 0.717) is 11.3 Å². The minimum absolute atomic E-state index is 0.332. The van der Waals surface area contributed by atoms with Crippen LogP contribution < -0.4 is 0 Å². The molecule has 1 aromatic heterocycles. The summed E-state index contributed by atoms with van der Waals surface area (Å²) in [5.74, 6) is 1.72. The van der Waals surface area contributed by atoms with Crippen molar-refractivity contribution in [3.63, 3.8) is 0 Å². The van der Waals surface area contributed by atoms with Crippen LogP contribution in [0.25, 0.3) is 11.0 Å². The third kappa shape index (κ3) is 2.26. The fourth-order valence-electron chi connectivity index (χ4n) is 1.70. The lowest BCUT2D eigenvalue weighted by atomic mass is 9.80. The third-order valence-electron chi connectivity index (χ3n) is 3.42. The molecule has 0 amide bonds. The maximum absolute atomic E-state index is 4.61. The topological polar surface area (TPSA) is 28.7 Å². The molecule has 0 aliphatic rings. The van der Waals surface area contributed by atoms with E-state index < -0.39 is 0 Å². The number of nitrogens with one attached hydrogen (secondary N) is 1. The van der Waals surface area contributed by atoms with Gasteiger partial charge in [0.25, 0.3) is 0 Å². The summed E-state index contributed by atoms with van der Waals surface area (Å²) >= 11 is 0. The highest BCUT2D eigenvalue weighted by molar-refractivity contribution is 5.74. The molecule has 0 saturated carbocycles. The number of aromatic nitrogens is 2. The molecule has 0 fully saturated rings. The van der Waals surface area contributed by atoms with Gasteiger partial charge in [0.1, 0.15) is 5.82 Å². The van der Waals surface area contributed by atoms with Gasteiger partial charge in [-0.15, -0.1) is 0 Å². The first-order valence-electron chi connectivity index (χ1n) is 5.90. The zero-order valence-corrected chi connectivity index (χ0v) is 10.5. The van der Waals surface area contributed by atoms with Gasteiger partial charge >= 0.3 is 0 Å². The Bertz CT molecular complexity index is 444. The summed E-state index contributed by atoms with van der Waals surface area (Å²) < 4.78 is 0. The van der Waals surface area contributed by atoms with Crippen molar-refractivity contribution in [3.8, 4) is 0 Å². The smallest absolute Gasteiger partial charge is 0.107 e. The summed E-state index contributed by atoms with van der Waals surface area (Å²) in [4.78, 5) is 8.00. The molecule has 0 aliphatic heterocycles. The van der Waals surface area contributed by atoms with E-state index >= 15 is 0 Å².